The van der Waals surface area contributed by atoms with Gasteiger partial charge in [-0.15, -0.1) is 0 Å². The van der Waals surface area contributed by atoms with Gasteiger partial charge >= 0.3 is 0 Å². The highest BCUT2D eigenvalue weighted by Crippen LogP contribution is 2.27. The fourth-order valence-electron chi connectivity index (χ4n) is 4.24. The molecule has 1 aliphatic rings. The Balaban J connectivity index is 1.39. The van der Waals surface area contributed by atoms with Crippen molar-refractivity contribution < 1.29 is 13.6 Å². The maximum Gasteiger partial charge on any atom is 0.270 e. The second-order valence-electron chi connectivity index (χ2n) is 8.02. The average Bonchev–Trinajstić information content (AvgIpc) is 3.27. The summed E-state index contributed by atoms with van der Waals surface area (Å²) in [5.41, 5.74) is 1.54. The van der Waals surface area contributed by atoms with E-state index in [1.54, 1.807) is 30.5 Å². The smallest absolute Gasteiger partial charge is 0.270 e. The van der Waals surface area contributed by atoms with E-state index in [0.29, 0.717) is 29.7 Å². The number of amides is 1. The van der Waals surface area contributed by atoms with Crippen LogP contribution in [-0.4, -0.2) is 41.5 Å². The van der Waals surface area contributed by atoms with Crippen molar-refractivity contribution in [1.29, 1.82) is 0 Å². The van der Waals surface area contributed by atoms with E-state index in [9.17, 15) is 9.18 Å². The molecule has 0 unspecified atom stereocenters. The number of hydrogen-bond acceptors (Lipinski definition) is 5. The first-order valence-electron chi connectivity index (χ1n) is 11.1. The minimum absolute atomic E-state index is 0.230. The first-order valence-corrected chi connectivity index (χ1v) is 11.1. The van der Waals surface area contributed by atoms with Crippen molar-refractivity contribution in [2.75, 3.05) is 25.0 Å². The predicted octanol–water partition coefficient (Wildman–Crippen LogP) is 5.09. The number of halogens is 1. The molecular weight excluding hydrogens is 395 g/mol. The molecule has 3 aromatic rings. The molecule has 0 spiro atoms. The number of nitrogens with zero attached hydrogens (tertiary/aromatic N) is 2. The van der Waals surface area contributed by atoms with Crippen molar-refractivity contribution in [3.8, 4) is 0 Å². The molecule has 0 saturated carbocycles. The zero-order valence-electron chi connectivity index (χ0n) is 17.9. The van der Waals surface area contributed by atoms with E-state index >= 15 is 0 Å². The SMILES string of the molecule is CC[C@H]1CCCCN1CCCNC(=O)c1cc2occc2c(Nc2ccc(F)cc2)n1. The molecular formula is C24H29FN4O2. The summed E-state index contributed by atoms with van der Waals surface area (Å²) in [6, 6.07) is 10.1. The monoisotopic (exact) mass is 424 g/mol. The van der Waals surface area contributed by atoms with E-state index in [-0.39, 0.29) is 17.4 Å². The molecule has 31 heavy (non-hydrogen) atoms. The van der Waals surface area contributed by atoms with Crippen LogP contribution in [0.15, 0.2) is 47.1 Å². The number of benzene rings is 1. The van der Waals surface area contributed by atoms with Gasteiger partial charge in [-0.25, -0.2) is 9.37 Å². The highest BCUT2D eigenvalue weighted by atomic mass is 19.1. The van der Waals surface area contributed by atoms with Gasteiger partial charge in [-0.05, 0) is 62.6 Å². The number of likely N-dealkylation sites (tertiary alicyclic amines) is 1. The number of pyridine rings is 1. The molecule has 0 aliphatic carbocycles. The number of nitrogens with one attached hydrogen (secondary N) is 2. The van der Waals surface area contributed by atoms with Crippen LogP contribution in [-0.2, 0) is 0 Å². The molecule has 1 aromatic carbocycles. The van der Waals surface area contributed by atoms with E-state index in [4.69, 9.17) is 4.42 Å². The zero-order chi connectivity index (χ0) is 21.6. The lowest BCUT2D eigenvalue weighted by atomic mass is 10.00. The van der Waals surface area contributed by atoms with Gasteiger partial charge in [0.1, 0.15) is 22.9 Å². The van der Waals surface area contributed by atoms with Crippen LogP contribution in [0.25, 0.3) is 11.0 Å². The Morgan fingerprint density at radius 1 is 1.26 bits per heavy atom. The summed E-state index contributed by atoms with van der Waals surface area (Å²) in [6.45, 7) is 5.01. The molecule has 3 heterocycles. The third-order valence-corrected chi connectivity index (χ3v) is 5.92. The van der Waals surface area contributed by atoms with E-state index in [2.05, 4.69) is 27.4 Å². The lowest BCUT2D eigenvalue weighted by molar-refractivity contribution is 0.0942. The van der Waals surface area contributed by atoms with Gasteiger partial charge in [-0.2, -0.15) is 0 Å². The zero-order valence-corrected chi connectivity index (χ0v) is 17.9. The summed E-state index contributed by atoms with van der Waals surface area (Å²) >= 11 is 0. The van der Waals surface area contributed by atoms with Crippen LogP contribution in [0.4, 0.5) is 15.9 Å². The Kier molecular flexibility index (Phi) is 6.82. The van der Waals surface area contributed by atoms with Gasteiger partial charge in [0, 0.05) is 30.9 Å². The number of carbonyl (C=O) groups is 1. The Bertz CT molecular complexity index is 1020. The Morgan fingerprint density at radius 2 is 2.10 bits per heavy atom. The van der Waals surface area contributed by atoms with Crippen molar-refractivity contribution in [3.63, 3.8) is 0 Å². The van der Waals surface area contributed by atoms with Crippen molar-refractivity contribution in [2.24, 2.45) is 0 Å². The first kappa shape index (κ1) is 21.3. The molecule has 0 bridgehead atoms. The predicted molar refractivity (Wildman–Crippen MR) is 120 cm³/mol. The largest absolute Gasteiger partial charge is 0.464 e. The second-order valence-corrected chi connectivity index (χ2v) is 8.02. The summed E-state index contributed by atoms with van der Waals surface area (Å²) < 4.78 is 18.7. The van der Waals surface area contributed by atoms with Crippen molar-refractivity contribution >= 4 is 28.4 Å². The van der Waals surface area contributed by atoms with Gasteiger partial charge in [0.2, 0.25) is 0 Å². The second kappa shape index (κ2) is 9.92. The molecule has 164 valence electrons. The van der Waals surface area contributed by atoms with Gasteiger partial charge in [-0.3, -0.25) is 4.79 Å². The molecule has 1 atom stereocenters. The molecule has 7 heteroatoms. The number of rotatable bonds is 8. The number of piperidine rings is 1. The summed E-state index contributed by atoms with van der Waals surface area (Å²) in [4.78, 5) is 19.8. The third kappa shape index (κ3) is 5.22. The fourth-order valence-corrected chi connectivity index (χ4v) is 4.24. The lowest BCUT2D eigenvalue weighted by Gasteiger charge is -2.35. The van der Waals surface area contributed by atoms with Gasteiger partial charge in [-0.1, -0.05) is 13.3 Å². The van der Waals surface area contributed by atoms with E-state index < -0.39 is 0 Å². The summed E-state index contributed by atoms with van der Waals surface area (Å²) in [7, 11) is 0. The van der Waals surface area contributed by atoms with Crippen LogP contribution in [0.2, 0.25) is 0 Å². The number of carbonyl (C=O) groups excluding carboxylic acids is 1. The Labute approximate surface area is 181 Å². The van der Waals surface area contributed by atoms with E-state index in [1.807, 2.05) is 0 Å². The van der Waals surface area contributed by atoms with Crippen LogP contribution in [0.3, 0.4) is 0 Å². The summed E-state index contributed by atoms with van der Waals surface area (Å²) in [5.74, 6) is -0.0387. The van der Waals surface area contributed by atoms with Crippen molar-refractivity contribution in [1.82, 2.24) is 15.2 Å². The Morgan fingerprint density at radius 3 is 2.90 bits per heavy atom. The van der Waals surface area contributed by atoms with E-state index in [1.165, 1.54) is 37.8 Å². The molecule has 4 rings (SSSR count). The number of aromatic nitrogens is 1. The molecule has 1 saturated heterocycles. The van der Waals surface area contributed by atoms with Crippen molar-refractivity contribution in [2.45, 2.75) is 45.1 Å². The van der Waals surface area contributed by atoms with Crippen LogP contribution in [0.1, 0.15) is 49.5 Å². The highest BCUT2D eigenvalue weighted by molar-refractivity contribution is 5.99. The van der Waals surface area contributed by atoms with Crippen molar-refractivity contribution in [3.05, 3.63) is 54.2 Å². The number of furan rings is 1. The first-order chi connectivity index (χ1) is 15.1. The molecule has 0 radical (unpaired) electrons. The minimum Gasteiger partial charge on any atom is -0.464 e. The normalized spacial score (nSPS) is 17.0. The lowest BCUT2D eigenvalue weighted by Crippen LogP contribution is -2.40. The van der Waals surface area contributed by atoms with Crippen LogP contribution in [0, 0.1) is 5.82 Å². The third-order valence-electron chi connectivity index (χ3n) is 5.92. The molecule has 1 amide bonds. The maximum absolute atomic E-state index is 13.2. The molecule has 1 fully saturated rings. The minimum atomic E-state index is -0.310. The molecule has 2 aromatic heterocycles. The molecule has 6 nitrogen and oxygen atoms in total. The average molecular weight is 425 g/mol. The summed E-state index contributed by atoms with van der Waals surface area (Å²) in [6.07, 6.45) is 7.52. The topological polar surface area (TPSA) is 70.4 Å². The van der Waals surface area contributed by atoms with Gasteiger partial charge in [0.15, 0.2) is 0 Å². The Hall–Kier alpha value is -2.93. The van der Waals surface area contributed by atoms with E-state index in [0.717, 1.165) is 24.9 Å². The summed E-state index contributed by atoms with van der Waals surface area (Å²) in [5, 5.41) is 6.89. The van der Waals surface area contributed by atoms with Crippen LogP contribution in [0.5, 0.6) is 0 Å². The van der Waals surface area contributed by atoms with Gasteiger partial charge in [0.05, 0.1) is 11.6 Å². The maximum atomic E-state index is 13.2. The molecule has 2 N–H and O–H groups in total. The number of fused-ring (bicyclic) bond motifs is 1. The standard InChI is InChI=1S/C24H29FN4O2/c1-2-19-6-3-4-13-29(19)14-5-12-26-24(30)21-16-22-20(11-15-31-22)23(28-21)27-18-9-7-17(25)8-10-18/h7-11,15-16,19H,2-6,12-14H2,1H3,(H,26,30)(H,27,28)/t19-/m0/s1. The number of hydrogen-bond donors (Lipinski definition) is 2. The number of anilines is 2. The van der Waals surface area contributed by atoms with Gasteiger partial charge < -0.3 is 20.0 Å². The fraction of sp³-hybridized carbons (Fsp3) is 0.417. The molecule has 1 aliphatic heterocycles. The van der Waals surface area contributed by atoms with Crippen LogP contribution < -0.4 is 10.6 Å². The van der Waals surface area contributed by atoms with Gasteiger partial charge in [0.25, 0.3) is 5.91 Å². The highest BCUT2D eigenvalue weighted by Gasteiger charge is 2.20. The quantitative estimate of drug-likeness (QED) is 0.493. The van der Waals surface area contributed by atoms with Crippen LogP contribution >= 0.6 is 0 Å².